The van der Waals surface area contributed by atoms with Crippen LogP contribution in [0.15, 0.2) is 231 Å². The second-order valence-corrected chi connectivity index (χ2v) is 18.6. The molecule has 0 bridgehead atoms. The van der Waals surface area contributed by atoms with Crippen LogP contribution >= 0.6 is 0 Å². The Kier molecular flexibility index (Phi) is 7.87. The Bertz CT molecular complexity index is 3110. The molecule has 0 saturated heterocycles. The quantitative estimate of drug-likeness (QED) is 0.114. The van der Waals surface area contributed by atoms with Gasteiger partial charge in [-0.2, -0.15) is 0 Å². The third kappa shape index (κ3) is 5.10. The van der Waals surface area contributed by atoms with Crippen LogP contribution in [0.4, 0.5) is 0 Å². The van der Waals surface area contributed by atoms with E-state index in [-0.39, 0.29) is 0 Å². The van der Waals surface area contributed by atoms with Crippen molar-refractivity contribution < 1.29 is 0 Å². The summed E-state index contributed by atoms with van der Waals surface area (Å²) in [6.07, 6.45) is 0. The lowest BCUT2D eigenvalue weighted by Crippen LogP contribution is -2.74. The van der Waals surface area contributed by atoms with Gasteiger partial charge in [-0.05, 0) is 80.4 Å². The highest BCUT2D eigenvalue weighted by Crippen LogP contribution is 2.41. The Morgan fingerprint density at radius 3 is 1.42 bits per heavy atom. The molecule has 57 heavy (non-hydrogen) atoms. The Balaban J connectivity index is 1.33. The zero-order valence-corrected chi connectivity index (χ0v) is 32.3. The molecule has 0 aliphatic rings. The summed E-state index contributed by atoms with van der Waals surface area (Å²) in [5.41, 5.74) is 9.54. The number of hydrogen-bond donors (Lipinski definition) is 0. The van der Waals surface area contributed by atoms with Crippen LogP contribution in [0.1, 0.15) is 0 Å². The van der Waals surface area contributed by atoms with Gasteiger partial charge in [0.25, 0.3) is 0 Å². The van der Waals surface area contributed by atoms with Crippen LogP contribution in [0, 0.1) is 0 Å². The van der Waals surface area contributed by atoms with Crippen LogP contribution in [0.2, 0.25) is 0 Å². The van der Waals surface area contributed by atoms with E-state index in [1.807, 2.05) is 0 Å². The lowest BCUT2D eigenvalue weighted by Gasteiger charge is -2.35. The minimum atomic E-state index is -2.92. The molecule has 2 heterocycles. The predicted octanol–water partition coefficient (Wildman–Crippen LogP) is 10.9. The molecule has 11 aromatic rings. The van der Waals surface area contributed by atoms with E-state index in [1.54, 1.807) is 0 Å². The molecule has 0 atom stereocenters. The molecule has 0 amide bonds. The maximum absolute atomic E-state index is 2.92. The highest BCUT2D eigenvalue weighted by atomic mass is 28.3. The van der Waals surface area contributed by atoms with Gasteiger partial charge in [-0.25, -0.2) is 0 Å². The van der Waals surface area contributed by atoms with Crippen molar-refractivity contribution in [3.63, 3.8) is 0 Å². The molecule has 0 spiro atoms. The van der Waals surface area contributed by atoms with E-state index in [1.165, 1.54) is 81.2 Å². The van der Waals surface area contributed by atoms with Gasteiger partial charge in [-0.1, -0.05) is 182 Å². The zero-order valence-electron chi connectivity index (χ0n) is 31.3. The maximum atomic E-state index is 2.55. The number of para-hydroxylation sites is 2. The highest BCUT2D eigenvalue weighted by molar-refractivity contribution is 7.20. The minimum absolute atomic E-state index is 1.15. The number of rotatable bonds is 7. The van der Waals surface area contributed by atoms with E-state index >= 15 is 0 Å². The molecule has 268 valence electrons. The summed E-state index contributed by atoms with van der Waals surface area (Å²) >= 11 is 0. The summed E-state index contributed by atoms with van der Waals surface area (Å²) < 4.78 is 4.96. The average molecular weight is 743 g/mol. The first-order chi connectivity index (χ1) is 28.3. The maximum Gasteiger partial charge on any atom is 0.180 e. The Morgan fingerprint density at radius 2 is 0.789 bits per heavy atom. The van der Waals surface area contributed by atoms with Gasteiger partial charge in [-0.3, -0.25) is 0 Å². The number of aromatic nitrogens is 2. The summed E-state index contributed by atoms with van der Waals surface area (Å²) in [6, 6.07) is 85.3. The molecule has 3 heteroatoms. The third-order valence-electron chi connectivity index (χ3n) is 11.9. The van der Waals surface area contributed by atoms with Crippen LogP contribution in [0.3, 0.4) is 0 Å². The fourth-order valence-corrected chi connectivity index (χ4v) is 14.5. The van der Waals surface area contributed by atoms with Gasteiger partial charge < -0.3 is 9.13 Å². The van der Waals surface area contributed by atoms with E-state index in [0.717, 1.165) is 5.69 Å². The van der Waals surface area contributed by atoms with Crippen molar-refractivity contribution in [3.05, 3.63) is 231 Å². The van der Waals surface area contributed by atoms with E-state index in [2.05, 4.69) is 240 Å². The number of nitrogens with zero attached hydrogens (tertiary/aromatic N) is 2. The van der Waals surface area contributed by atoms with Crippen LogP contribution in [0.25, 0.3) is 66.1 Å². The number of benzene rings is 9. The van der Waals surface area contributed by atoms with Gasteiger partial charge >= 0.3 is 0 Å². The van der Waals surface area contributed by atoms with E-state index in [4.69, 9.17) is 0 Å². The van der Waals surface area contributed by atoms with Gasteiger partial charge in [0.2, 0.25) is 0 Å². The molecule has 0 aliphatic heterocycles. The Labute approximate surface area is 333 Å². The van der Waals surface area contributed by atoms with Crippen molar-refractivity contribution in [3.8, 4) is 22.5 Å². The normalized spacial score (nSPS) is 11.9. The minimum Gasteiger partial charge on any atom is -0.309 e. The summed E-state index contributed by atoms with van der Waals surface area (Å²) in [5, 5.41) is 10.5. The molecule has 0 radical (unpaired) electrons. The summed E-state index contributed by atoms with van der Waals surface area (Å²) in [4.78, 5) is 0. The second kappa shape index (κ2) is 13.5. The third-order valence-corrected chi connectivity index (χ3v) is 16.7. The first-order valence-corrected chi connectivity index (χ1v) is 21.7. The molecule has 11 rings (SSSR count). The Morgan fingerprint density at radius 1 is 0.298 bits per heavy atom. The van der Waals surface area contributed by atoms with Crippen molar-refractivity contribution in [1.29, 1.82) is 0 Å². The lowest BCUT2D eigenvalue weighted by atomic mass is 10.0. The van der Waals surface area contributed by atoms with Crippen molar-refractivity contribution in [2.24, 2.45) is 0 Å². The SMILES string of the molecule is c1ccc(-c2ccc3c(c2)c2c([Si](c4ccccc4)(c4ccccc4)c4ccccc4)cccc2n3-c2cccc3c2c2ccccc2n3-c2ccccc2)cc1. The predicted molar refractivity (Wildman–Crippen MR) is 244 cm³/mol. The van der Waals surface area contributed by atoms with Crippen LogP contribution in [0.5, 0.6) is 0 Å². The number of fused-ring (bicyclic) bond motifs is 6. The monoisotopic (exact) mass is 742 g/mol. The molecule has 0 unspecified atom stereocenters. The van der Waals surface area contributed by atoms with E-state index < -0.39 is 8.07 Å². The summed E-state index contributed by atoms with van der Waals surface area (Å²) in [7, 11) is -2.92. The topological polar surface area (TPSA) is 9.86 Å². The van der Waals surface area contributed by atoms with Crippen molar-refractivity contribution >= 4 is 72.4 Å². The highest BCUT2D eigenvalue weighted by Gasteiger charge is 2.43. The molecule has 0 N–H and O–H groups in total. The van der Waals surface area contributed by atoms with Crippen LogP contribution < -0.4 is 20.7 Å². The molecular weight excluding hydrogens is 705 g/mol. The molecule has 0 aliphatic carbocycles. The largest absolute Gasteiger partial charge is 0.309 e. The van der Waals surface area contributed by atoms with Gasteiger partial charge in [-0.15, -0.1) is 0 Å². The van der Waals surface area contributed by atoms with Crippen molar-refractivity contribution in [1.82, 2.24) is 9.13 Å². The molecule has 2 aromatic heterocycles. The van der Waals surface area contributed by atoms with Gasteiger partial charge in [0.05, 0.1) is 27.8 Å². The van der Waals surface area contributed by atoms with E-state index in [0.29, 0.717) is 0 Å². The van der Waals surface area contributed by atoms with Crippen LogP contribution in [-0.2, 0) is 0 Å². The molecule has 9 aromatic carbocycles. The molecule has 0 fully saturated rings. The van der Waals surface area contributed by atoms with Gasteiger partial charge in [0.15, 0.2) is 8.07 Å². The summed E-state index contributed by atoms with van der Waals surface area (Å²) in [6.45, 7) is 0. The number of hydrogen-bond acceptors (Lipinski definition) is 0. The van der Waals surface area contributed by atoms with Crippen LogP contribution in [-0.4, -0.2) is 17.2 Å². The zero-order chi connectivity index (χ0) is 37.8. The van der Waals surface area contributed by atoms with Gasteiger partial charge in [0, 0.05) is 27.2 Å². The van der Waals surface area contributed by atoms with Crippen molar-refractivity contribution in [2.45, 2.75) is 0 Å². The first kappa shape index (κ1) is 33.2. The lowest BCUT2D eigenvalue weighted by molar-refractivity contribution is 1.17. The summed E-state index contributed by atoms with van der Waals surface area (Å²) in [5.74, 6) is 0. The van der Waals surface area contributed by atoms with Gasteiger partial charge in [0.1, 0.15) is 0 Å². The fraction of sp³-hybridized carbons (Fsp3) is 0. The fourth-order valence-electron chi connectivity index (χ4n) is 9.53. The molecule has 2 nitrogen and oxygen atoms in total. The van der Waals surface area contributed by atoms with Crippen molar-refractivity contribution in [2.75, 3.05) is 0 Å². The second-order valence-electron chi connectivity index (χ2n) is 14.8. The standard InChI is InChI=1S/C54H38N2Si/c1-6-20-39(21-7-1)40-36-37-48-46(38-40)54-51(56(48)50-33-18-32-49-53(50)45-30-16-17-31-47(45)55(49)41-22-8-2-9-23-41)34-19-35-52(54)57(42-24-10-3-11-25-42,43-26-12-4-13-27-43)44-28-14-5-15-29-44/h1-38H. The Hall–Kier alpha value is -7.20. The average Bonchev–Trinajstić information content (AvgIpc) is 3.81. The smallest absolute Gasteiger partial charge is 0.180 e. The molecular formula is C54H38N2Si. The molecule has 0 saturated carbocycles. The first-order valence-electron chi connectivity index (χ1n) is 19.7. The van der Waals surface area contributed by atoms with E-state index in [9.17, 15) is 0 Å².